The number of sulfonamides is 1. The van der Waals surface area contributed by atoms with Gasteiger partial charge >= 0.3 is 0 Å². The fraction of sp³-hybridized carbons (Fsp3) is 0.211. The maximum absolute atomic E-state index is 12.6. The molecule has 3 aromatic rings. The van der Waals surface area contributed by atoms with E-state index in [1.54, 1.807) is 18.2 Å². The fourth-order valence-electron chi connectivity index (χ4n) is 3.06. The van der Waals surface area contributed by atoms with Crippen LogP contribution in [0.15, 0.2) is 58.4 Å². The van der Waals surface area contributed by atoms with Gasteiger partial charge in [0.15, 0.2) is 11.5 Å². The summed E-state index contributed by atoms with van der Waals surface area (Å²) < 4.78 is 38.5. The Kier molecular flexibility index (Phi) is 5.03. The predicted octanol–water partition coefficient (Wildman–Crippen LogP) is 1.32. The number of H-pyrrole nitrogens is 1. The van der Waals surface area contributed by atoms with E-state index in [4.69, 9.17) is 9.47 Å². The summed E-state index contributed by atoms with van der Waals surface area (Å²) in [6, 6.07) is 11.9. The van der Waals surface area contributed by atoms with Crippen LogP contribution < -0.4 is 25.1 Å². The highest BCUT2D eigenvalue weighted by molar-refractivity contribution is 7.89. The summed E-state index contributed by atoms with van der Waals surface area (Å²) in [6.07, 6.45) is 1.44. The molecule has 8 nitrogen and oxygen atoms in total. The monoisotopic (exact) mass is 401 g/mol. The van der Waals surface area contributed by atoms with Gasteiger partial charge in [0.05, 0.1) is 4.90 Å². The van der Waals surface area contributed by atoms with Gasteiger partial charge in [0.2, 0.25) is 16.8 Å². The number of fused-ring (bicyclic) bond motifs is 2. The van der Waals surface area contributed by atoms with E-state index in [1.807, 2.05) is 18.2 Å². The Labute approximate surface area is 161 Å². The second-order valence-electron chi connectivity index (χ2n) is 6.29. The van der Waals surface area contributed by atoms with Crippen molar-refractivity contribution in [1.29, 1.82) is 0 Å². The second-order valence-corrected chi connectivity index (χ2v) is 8.02. The molecule has 2 aromatic carbocycles. The van der Waals surface area contributed by atoms with Crippen molar-refractivity contribution < 1.29 is 17.9 Å². The number of nitrogens with one attached hydrogen (secondary N) is 3. The first-order valence-electron chi connectivity index (χ1n) is 8.74. The summed E-state index contributed by atoms with van der Waals surface area (Å²) in [5.74, 6) is 1.44. The van der Waals surface area contributed by atoms with Crippen molar-refractivity contribution in [3.63, 3.8) is 0 Å². The molecule has 28 heavy (non-hydrogen) atoms. The Bertz CT molecular complexity index is 1170. The summed E-state index contributed by atoms with van der Waals surface area (Å²) in [6.45, 7) is 1.46. The summed E-state index contributed by atoms with van der Waals surface area (Å²) >= 11 is 0. The van der Waals surface area contributed by atoms with Gasteiger partial charge in [0, 0.05) is 36.6 Å². The average Bonchev–Trinajstić information content (AvgIpc) is 3.15. The van der Waals surface area contributed by atoms with Crippen molar-refractivity contribution in [3.8, 4) is 11.5 Å². The van der Waals surface area contributed by atoms with Crippen LogP contribution in [0.5, 0.6) is 11.5 Å². The van der Waals surface area contributed by atoms with Crippen LogP contribution in [0.2, 0.25) is 0 Å². The Balaban J connectivity index is 1.36. The first kappa shape index (κ1) is 18.5. The largest absolute Gasteiger partial charge is 0.454 e. The van der Waals surface area contributed by atoms with E-state index in [2.05, 4.69) is 15.0 Å². The summed E-state index contributed by atoms with van der Waals surface area (Å²) in [4.78, 5) is 14.5. The molecule has 4 rings (SSSR count). The maximum atomic E-state index is 12.6. The predicted molar refractivity (Wildman–Crippen MR) is 104 cm³/mol. The highest BCUT2D eigenvalue weighted by Gasteiger charge is 2.17. The molecule has 0 fully saturated rings. The normalized spacial score (nSPS) is 13.1. The van der Waals surface area contributed by atoms with Gasteiger partial charge in [-0.3, -0.25) is 4.79 Å². The Morgan fingerprint density at radius 3 is 2.75 bits per heavy atom. The van der Waals surface area contributed by atoms with Gasteiger partial charge in [-0.2, -0.15) is 0 Å². The molecule has 0 bridgehead atoms. The minimum absolute atomic E-state index is 0.0897. The molecule has 0 atom stereocenters. The molecule has 2 heterocycles. The molecule has 0 unspecified atom stereocenters. The zero-order chi connectivity index (χ0) is 19.6. The molecule has 1 aliphatic rings. The van der Waals surface area contributed by atoms with Gasteiger partial charge in [-0.15, -0.1) is 0 Å². The van der Waals surface area contributed by atoms with Gasteiger partial charge in [-0.05, 0) is 35.9 Å². The highest BCUT2D eigenvalue weighted by atomic mass is 32.2. The molecular weight excluding hydrogens is 382 g/mol. The fourth-order valence-corrected chi connectivity index (χ4v) is 4.31. The van der Waals surface area contributed by atoms with Crippen molar-refractivity contribution in [2.24, 2.45) is 0 Å². The molecule has 0 saturated heterocycles. The Morgan fingerprint density at radius 2 is 1.86 bits per heavy atom. The molecule has 0 saturated carbocycles. The van der Waals surface area contributed by atoms with Crippen LogP contribution in [0.3, 0.4) is 0 Å². The number of ether oxygens (including phenoxy) is 2. The van der Waals surface area contributed by atoms with E-state index in [9.17, 15) is 13.2 Å². The number of benzene rings is 2. The Morgan fingerprint density at radius 1 is 1.00 bits per heavy atom. The van der Waals surface area contributed by atoms with Crippen LogP contribution in [0, 0.1) is 0 Å². The van der Waals surface area contributed by atoms with Crippen molar-refractivity contribution in [2.45, 2.75) is 11.4 Å². The number of aromatic nitrogens is 1. The molecular formula is C19H19N3O5S. The van der Waals surface area contributed by atoms with E-state index in [-0.39, 0.29) is 23.8 Å². The van der Waals surface area contributed by atoms with Crippen LogP contribution in [-0.4, -0.2) is 33.3 Å². The van der Waals surface area contributed by atoms with Gasteiger partial charge in [0.25, 0.3) is 5.56 Å². The number of hydrogen-bond acceptors (Lipinski definition) is 6. The first-order valence-corrected chi connectivity index (χ1v) is 10.2. The van der Waals surface area contributed by atoms with Gasteiger partial charge in [0.1, 0.15) is 0 Å². The molecule has 9 heteroatoms. The quantitative estimate of drug-likeness (QED) is 0.515. The van der Waals surface area contributed by atoms with E-state index >= 15 is 0 Å². The summed E-state index contributed by atoms with van der Waals surface area (Å²) in [5, 5.41) is 3.92. The summed E-state index contributed by atoms with van der Waals surface area (Å²) in [5.41, 5.74) is 0.695. The minimum Gasteiger partial charge on any atom is -0.454 e. The van der Waals surface area contributed by atoms with Crippen LogP contribution in [0.4, 0.5) is 0 Å². The third-order valence-corrected chi connectivity index (χ3v) is 5.94. The van der Waals surface area contributed by atoms with E-state index in [0.29, 0.717) is 29.6 Å². The van der Waals surface area contributed by atoms with Crippen LogP contribution in [-0.2, 0) is 16.6 Å². The van der Waals surface area contributed by atoms with Gasteiger partial charge in [-0.1, -0.05) is 12.1 Å². The smallest absolute Gasteiger partial charge is 0.255 e. The lowest BCUT2D eigenvalue weighted by atomic mass is 10.2. The molecule has 0 spiro atoms. The maximum Gasteiger partial charge on any atom is 0.255 e. The Hall–Kier alpha value is -2.88. The molecule has 0 amide bonds. The lowest BCUT2D eigenvalue weighted by Crippen LogP contribution is -2.31. The van der Waals surface area contributed by atoms with Crippen LogP contribution in [0.1, 0.15) is 5.56 Å². The third kappa shape index (κ3) is 3.72. The lowest BCUT2D eigenvalue weighted by molar-refractivity contribution is 0.174. The van der Waals surface area contributed by atoms with Crippen molar-refractivity contribution in [2.75, 3.05) is 19.9 Å². The van der Waals surface area contributed by atoms with Crippen molar-refractivity contribution >= 4 is 20.8 Å². The van der Waals surface area contributed by atoms with Gasteiger partial charge in [-0.25, -0.2) is 13.1 Å². The standard InChI is InChI=1S/C19H19N3O5S/c23-19-15-2-1-3-18(14(15)6-7-21-19)28(24,25)22-9-8-20-11-13-4-5-16-17(10-13)27-12-26-16/h1-7,10,20,22H,8-9,11-12H2,(H,21,23). The first-order chi connectivity index (χ1) is 13.5. The summed E-state index contributed by atoms with van der Waals surface area (Å²) in [7, 11) is -3.74. The van der Waals surface area contributed by atoms with Gasteiger partial charge < -0.3 is 19.8 Å². The van der Waals surface area contributed by atoms with Crippen LogP contribution >= 0.6 is 0 Å². The zero-order valence-electron chi connectivity index (χ0n) is 14.9. The number of aromatic amines is 1. The topological polar surface area (TPSA) is 110 Å². The van der Waals surface area contributed by atoms with E-state index < -0.39 is 10.0 Å². The highest BCUT2D eigenvalue weighted by Crippen LogP contribution is 2.32. The number of rotatable bonds is 7. The average molecular weight is 401 g/mol. The van der Waals surface area contributed by atoms with Crippen molar-refractivity contribution in [3.05, 3.63) is 64.6 Å². The zero-order valence-corrected chi connectivity index (χ0v) is 15.7. The molecule has 146 valence electrons. The van der Waals surface area contributed by atoms with Crippen molar-refractivity contribution in [1.82, 2.24) is 15.0 Å². The van der Waals surface area contributed by atoms with Crippen LogP contribution in [0.25, 0.3) is 10.8 Å². The molecule has 3 N–H and O–H groups in total. The van der Waals surface area contributed by atoms with E-state index in [0.717, 1.165) is 11.3 Å². The van der Waals surface area contributed by atoms with E-state index in [1.165, 1.54) is 12.3 Å². The molecule has 0 radical (unpaired) electrons. The number of hydrogen-bond donors (Lipinski definition) is 3. The second kappa shape index (κ2) is 7.63. The molecule has 0 aliphatic carbocycles. The minimum atomic E-state index is -3.74. The lowest BCUT2D eigenvalue weighted by Gasteiger charge is -2.10. The number of pyridine rings is 1. The molecule has 1 aromatic heterocycles. The molecule has 1 aliphatic heterocycles. The third-order valence-electron chi connectivity index (χ3n) is 4.42. The SMILES string of the molecule is O=c1[nH]ccc2c(S(=O)(=O)NCCNCc3ccc4c(c3)OCO4)cccc12.